The molecule has 0 heterocycles. The maximum Gasteiger partial charge on any atom is 0.244 e. The summed E-state index contributed by atoms with van der Waals surface area (Å²) in [7, 11) is -2.35. The van der Waals surface area contributed by atoms with Crippen molar-refractivity contribution in [3.63, 3.8) is 0 Å². The van der Waals surface area contributed by atoms with Crippen molar-refractivity contribution in [1.29, 1.82) is 0 Å². The van der Waals surface area contributed by atoms with Crippen LogP contribution in [0, 0.1) is 6.92 Å². The van der Waals surface area contributed by atoms with Crippen LogP contribution >= 0.6 is 0 Å². The van der Waals surface area contributed by atoms with Gasteiger partial charge in [-0.1, -0.05) is 74.0 Å². The lowest BCUT2D eigenvalue weighted by atomic mass is 10.0. The summed E-state index contributed by atoms with van der Waals surface area (Å²) in [4.78, 5) is 29.3. The van der Waals surface area contributed by atoms with E-state index in [0.717, 1.165) is 40.1 Å². The Kier molecular flexibility index (Phi) is 11.1. The van der Waals surface area contributed by atoms with Crippen LogP contribution in [-0.4, -0.2) is 57.6 Å². The summed E-state index contributed by atoms with van der Waals surface area (Å²) in [5.74, 6) is -0.290. The zero-order valence-electron chi connectivity index (χ0n) is 23.7. The second-order valence-corrected chi connectivity index (χ2v) is 11.7. The van der Waals surface area contributed by atoms with E-state index in [0.29, 0.717) is 18.0 Å². The van der Waals surface area contributed by atoms with Crippen molar-refractivity contribution in [2.24, 2.45) is 0 Å². The third-order valence-electron chi connectivity index (χ3n) is 6.72. The van der Waals surface area contributed by atoms with Gasteiger partial charge < -0.3 is 15.0 Å². The van der Waals surface area contributed by atoms with Crippen LogP contribution in [0.2, 0.25) is 0 Å². The predicted octanol–water partition coefficient (Wildman–Crippen LogP) is 4.33. The van der Waals surface area contributed by atoms with Crippen molar-refractivity contribution >= 4 is 27.5 Å². The molecule has 0 saturated heterocycles. The lowest BCUT2D eigenvalue weighted by Crippen LogP contribution is -2.53. The average molecular weight is 566 g/mol. The minimum atomic E-state index is -3.85. The van der Waals surface area contributed by atoms with Gasteiger partial charge in [-0.2, -0.15) is 0 Å². The van der Waals surface area contributed by atoms with Gasteiger partial charge in [0.1, 0.15) is 18.3 Å². The van der Waals surface area contributed by atoms with E-state index in [-0.39, 0.29) is 18.9 Å². The van der Waals surface area contributed by atoms with Gasteiger partial charge in [-0.05, 0) is 42.2 Å². The molecular formula is C31H39N3O5S. The molecule has 40 heavy (non-hydrogen) atoms. The number of amides is 2. The number of carbonyl (C=O) groups is 2. The van der Waals surface area contributed by atoms with Crippen molar-refractivity contribution < 1.29 is 22.7 Å². The number of hydrogen-bond acceptors (Lipinski definition) is 5. The van der Waals surface area contributed by atoms with Gasteiger partial charge in [0.25, 0.3) is 0 Å². The number of methoxy groups -OCH3 is 1. The van der Waals surface area contributed by atoms with Crippen LogP contribution in [0.4, 0.5) is 5.69 Å². The lowest BCUT2D eigenvalue weighted by molar-refractivity contribution is -0.140. The highest BCUT2D eigenvalue weighted by molar-refractivity contribution is 7.92. The van der Waals surface area contributed by atoms with Crippen LogP contribution in [0.3, 0.4) is 0 Å². The molecule has 0 fully saturated rings. The number of benzene rings is 3. The zero-order chi connectivity index (χ0) is 29.1. The third-order valence-corrected chi connectivity index (χ3v) is 7.86. The van der Waals surface area contributed by atoms with E-state index in [9.17, 15) is 18.0 Å². The number of carbonyl (C=O) groups excluding carboxylic acids is 2. The van der Waals surface area contributed by atoms with Crippen molar-refractivity contribution in [3.05, 3.63) is 95.6 Å². The first-order valence-electron chi connectivity index (χ1n) is 13.4. The molecule has 3 rings (SSSR count). The average Bonchev–Trinajstić information content (AvgIpc) is 2.94. The van der Waals surface area contributed by atoms with Crippen LogP contribution in [-0.2, 0) is 32.6 Å². The van der Waals surface area contributed by atoms with Crippen LogP contribution in [0.5, 0.6) is 5.75 Å². The largest absolute Gasteiger partial charge is 0.497 e. The maximum absolute atomic E-state index is 14.1. The Balaban J connectivity index is 2.05. The topological polar surface area (TPSA) is 96.0 Å². The minimum absolute atomic E-state index is 0.153. The number of aryl methyl sites for hydroxylation is 1. The Morgan fingerprint density at radius 2 is 1.68 bits per heavy atom. The number of hydrogen-bond donors (Lipinski definition) is 1. The van der Waals surface area contributed by atoms with Crippen LogP contribution in [0.25, 0.3) is 0 Å². The highest BCUT2D eigenvalue weighted by atomic mass is 32.2. The molecule has 2 amide bonds. The minimum Gasteiger partial charge on any atom is -0.497 e. The Morgan fingerprint density at radius 3 is 2.33 bits per heavy atom. The van der Waals surface area contributed by atoms with Crippen LogP contribution in [0.15, 0.2) is 78.9 Å². The van der Waals surface area contributed by atoms with Gasteiger partial charge in [0, 0.05) is 25.6 Å². The number of nitrogens with one attached hydrogen (secondary N) is 1. The molecule has 1 N–H and O–H groups in total. The fourth-order valence-corrected chi connectivity index (χ4v) is 5.25. The summed E-state index contributed by atoms with van der Waals surface area (Å²) in [6.07, 6.45) is 3.07. The fraction of sp³-hybridized carbons (Fsp3) is 0.355. The number of sulfonamides is 1. The molecule has 0 radical (unpaired) electrons. The Morgan fingerprint density at radius 1 is 0.975 bits per heavy atom. The molecule has 0 aromatic heterocycles. The summed E-state index contributed by atoms with van der Waals surface area (Å²) in [6, 6.07) is 22.9. The highest BCUT2D eigenvalue weighted by Gasteiger charge is 2.33. The maximum atomic E-state index is 14.1. The fourth-order valence-electron chi connectivity index (χ4n) is 4.41. The molecule has 0 aliphatic carbocycles. The Labute approximate surface area is 238 Å². The number of ether oxygens (including phenoxy) is 1. The third kappa shape index (κ3) is 8.58. The standard InChI is InChI=1S/C31H39N3O5S/c1-5-6-19-32-31(36)29(20-25-14-8-7-9-15-25)33(22-26-16-11-10-13-24(26)2)30(35)23-34(40(4,37)38)27-17-12-18-28(21-27)39-3/h7-18,21,29H,5-6,19-20,22-23H2,1-4H3,(H,32,36). The summed E-state index contributed by atoms with van der Waals surface area (Å²) < 4.78 is 32.1. The van der Waals surface area contributed by atoms with E-state index >= 15 is 0 Å². The van der Waals surface area contributed by atoms with E-state index in [4.69, 9.17) is 4.74 Å². The quantitative estimate of drug-likeness (QED) is 0.294. The lowest BCUT2D eigenvalue weighted by Gasteiger charge is -2.34. The Hall–Kier alpha value is -3.85. The van der Waals surface area contributed by atoms with Crippen LogP contribution < -0.4 is 14.4 Å². The normalized spacial score (nSPS) is 11.9. The first kappa shape index (κ1) is 30.7. The second kappa shape index (κ2) is 14.5. The number of nitrogens with zero attached hydrogens (tertiary/aromatic N) is 2. The first-order valence-corrected chi connectivity index (χ1v) is 15.3. The summed E-state index contributed by atoms with van der Waals surface area (Å²) in [5.41, 5.74) is 3.05. The molecule has 0 bridgehead atoms. The molecule has 3 aromatic rings. The molecular weight excluding hydrogens is 526 g/mol. The SMILES string of the molecule is CCCCNC(=O)C(Cc1ccccc1)N(Cc1ccccc1C)C(=O)CN(c1cccc(OC)c1)S(C)(=O)=O. The summed E-state index contributed by atoms with van der Waals surface area (Å²) >= 11 is 0. The number of rotatable bonds is 14. The van der Waals surface area contributed by atoms with Gasteiger partial charge in [-0.15, -0.1) is 0 Å². The molecule has 3 aromatic carbocycles. The van der Waals surface area contributed by atoms with Gasteiger partial charge in [0.05, 0.1) is 19.1 Å². The van der Waals surface area contributed by atoms with E-state index < -0.39 is 28.5 Å². The van der Waals surface area contributed by atoms with Gasteiger partial charge in [-0.25, -0.2) is 8.42 Å². The number of unbranched alkanes of at least 4 members (excludes halogenated alkanes) is 1. The second-order valence-electron chi connectivity index (χ2n) is 9.77. The van der Waals surface area contributed by atoms with E-state index in [1.807, 2.05) is 68.4 Å². The molecule has 0 spiro atoms. The molecule has 9 heteroatoms. The molecule has 0 aliphatic rings. The first-order chi connectivity index (χ1) is 19.1. The van der Waals surface area contributed by atoms with Crippen molar-refractivity contribution in [2.75, 3.05) is 30.8 Å². The van der Waals surface area contributed by atoms with Gasteiger partial charge >= 0.3 is 0 Å². The van der Waals surface area contributed by atoms with Crippen molar-refractivity contribution in [2.45, 2.75) is 45.7 Å². The smallest absolute Gasteiger partial charge is 0.244 e. The monoisotopic (exact) mass is 565 g/mol. The van der Waals surface area contributed by atoms with Crippen molar-refractivity contribution in [1.82, 2.24) is 10.2 Å². The Bertz CT molecular complexity index is 1380. The summed E-state index contributed by atoms with van der Waals surface area (Å²) in [6.45, 7) is 4.17. The van der Waals surface area contributed by atoms with Gasteiger partial charge in [0.2, 0.25) is 21.8 Å². The highest BCUT2D eigenvalue weighted by Crippen LogP contribution is 2.24. The molecule has 1 atom stereocenters. The zero-order valence-corrected chi connectivity index (χ0v) is 24.5. The van der Waals surface area contributed by atoms with E-state index in [1.165, 1.54) is 12.0 Å². The molecule has 0 aliphatic heterocycles. The number of anilines is 1. The van der Waals surface area contributed by atoms with Crippen molar-refractivity contribution in [3.8, 4) is 5.75 Å². The van der Waals surface area contributed by atoms with E-state index in [1.54, 1.807) is 24.3 Å². The molecule has 214 valence electrons. The van der Waals surface area contributed by atoms with E-state index in [2.05, 4.69) is 5.32 Å². The molecule has 1 unspecified atom stereocenters. The van der Waals surface area contributed by atoms with Gasteiger partial charge in [-0.3, -0.25) is 13.9 Å². The van der Waals surface area contributed by atoms with Gasteiger partial charge in [0.15, 0.2) is 0 Å². The predicted molar refractivity (Wildman–Crippen MR) is 159 cm³/mol. The molecule has 8 nitrogen and oxygen atoms in total. The van der Waals surface area contributed by atoms with Crippen LogP contribution in [0.1, 0.15) is 36.5 Å². The summed E-state index contributed by atoms with van der Waals surface area (Å²) in [5, 5.41) is 2.99. The molecule has 0 saturated carbocycles.